The number of hydrogen-bond donors (Lipinski definition) is 3. The summed E-state index contributed by atoms with van der Waals surface area (Å²) in [6.07, 6.45) is -0.930. The Kier molecular flexibility index (Phi) is 7.91. The van der Waals surface area contributed by atoms with Crippen molar-refractivity contribution >= 4 is 45.0 Å². The SMILES string of the molecule is CNC(=O)C1COC(COCc2csc3nc(C(=O)NCc4cccc(Cl)c4)[nH]c(=O)c23)CO1. The average Bonchev–Trinajstić information content (AvgIpc) is 3.26. The number of benzene rings is 1. The second-order valence-electron chi connectivity index (χ2n) is 7.57. The van der Waals surface area contributed by atoms with Crippen LogP contribution in [0.3, 0.4) is 0 Å². The van der Waals surface area contributed by atoms with Crippen LogP contribution in [0.4, 0.5) is 0 Å². The topological polar surface area (TPSA) is 132 Å². The predicted octanol–water partition coefficient (Wildman–Crippen LogP) is 1.61. The number of nitrogens with one attached hydrogen (secondary N) is 3. The third-order valence-corrected chi connectivity index (χ3v) is 6.30. The molecule has 34 heavy (non-hydrogen) atoms. The Labute approximate surface area is 203 Å². The van der Waals surface area contributed by atoms with Gasteiger partial charge in [0.05, 0.1) is 31.8 Å². The molecule has 0 spiro atoms. The van der Waals surface area contributed by atoms with Gasteiger partial charge in [0.1, 0.15) is 10.9 Å². The molecule has 0 bridgehead atoms. The Hall–Kier alpha value is -2.83. The second-order valence-corrected chi connectivity index (χ2v) is 8.87. The van der Waals surface area contributed by atoms with Crippen LogP contribution in [0.2, 0.25) is 5.02 Å². The highest BCUT2D eigenvalue weighted by Gasteiger charge is 2.27. The number of ether oxygens (including phenoxy) is 3. The summed E-state index contributed by atoms with van der Waals surface area (Å²) in [5.74, 6) is -0.782. The second kappa shape index (κ2) is 11.1. The first-order valence-electron chi connectivity index (χ1n) is 10.5. The molecular weight excluding hydrogens is 484 g/mol. The highest BCUT2D eigenvalue weighted by Crippen LogP contribution is 2.22. The lowest BCUT2D eigenvalue weighted by molar-refractivity contribution is -0.168. The highest BCUT2D eigenvalue weighted by atomic mass is 35.5. The Morgan fingerprint density at radius 1 is 1.32 bits per heavy atom. The fourth-order valence-electron chi connectivity index (χ4n) is 3.39. The summed E-state index contributed by atoms with van der Waals surface area (Å²) in [7, 11) is 1.54. The number of thiophene rings is 1. The fraction of sp³-hybridized carbons (Fsp3) is 0.364. The van der Waals surface area contributed by atoms with Gasteiger partial charge in [0, 0.05) is 24.2 Å². The molecule has 2 amide bonds. The Balaban J connectivity index is 1.33. The third-order valence-electron chi connectivity index (χ3n) is 5.14. The first-order chi connectivity index (χ1) is 16.4. The summed E-state index contributed by atoms with van der Waals surface area (Å²) in [6, 6.07) is 7.12. The van der Waals surface area contributed by atoms with Gasteiger partial charge in [-0.3, -0.25) is 14.4 Å². The van der Waals surface area contributed by atoms with E-state index in [2.05, 4.69) is 20.6 Å². The summed E-state index contributed by atoms with van der Waals surface area (Å²) >= 11 is 7.22. The van der Waals surface area contributed by atoms with Gasteiger partial charge in [0.25, 0.3) is 17.4 Å². The van der Waals surface area contributed by atoms with Gasteiger partial charge in [0.15, 0.2) is 6.10 Å². The lowest BCUT2D eigenvalue weighted by Crippen LogP contribution is -2.45. The lowest BCUT2D eigenvalue weighted by atomic mass is 10.2. The molecule has 3 aromatic rings. The van der Waals surface area contributed by atoms with Crippen LogP contribution in [-0.2, 0) is 32.2 Å². The molecule has 2 unspecified atom stereocenters. The smallest absolute Gasteiger partial charge is 0.287 e. The predicted molar refractivity (Wildman–Crippen MR) is 126 cm³/mol. The quantitative estimate of drug-likeness (QED) is 0.423. The Morgan fingerprint density at radius 3 is 2.91 bits per heavy atom. The molecule has 3 heterocycles. The van der Waals surface area contributed by atoms with E-state index in [0.717, 1.165) is 5.56 Å². The molecule has 1 aliphatic heterocycles. The number of fused-ring (bicyclic) bond motifs is 1. The van der Waals surface area contributed by atoms with Crippen molar-refractivity contribution in [2.75, 3.05) is 26.9 Å². The molecule has 0 aliphatic carbocycles. The van der Waals surface area contributed by atoms with Gasteiger partial charge >= 0.3 is 0 Å². The minimum Gasteiger partial charge on any atom is -0.374 e. The summed E-state index contributed by atoms with van der Waals surface area (Å²) in [6.45, 7) is 1.05. The van der Waals surface area contributed by atoms with Crippen LogP contribution in [-0.4, -0.2) is 60.9 Å². The van der Waals surface area contributed by atoms with E-state index in [0.29, 0.717) is 20.8 Å². The van der Waals surface area contributed by atoms with E-state index >= 15 is 0 Å². The van der Waals surface area contributed by atoms with E-state index in [1.165, 1.54) is 11.3 Å². The summed E-state index contributed by atoms with van der Waals surface area (Å²) < 4.78 is 16.8. The van der Waals surface area contributed by atoms with Crippen LogP contribution in [0.5, 0.6) is 0 Å². The highest BCUT2D eigenvalue weighted by molar-refractivity contribution is 7.16. The molecule has 1 aliphatic rings. The zero-order valence-corrected chi connectivity index (χ0v) is 19.8. The first kappa shape index (κ1) is 24.3. The molecule has 0 radical (unpaired) electrons. The van der Waals surface area contributed by atoms with Gasteiger partial charge in [-0.1, -0.05) is 23.7 Å². The molecule has 12 heteroatoms. The van der Waals surface area contributed by atoms with Gasteiger partial charge < -0.3 is 29.8 Å². The summed E-state index contributed by atoms with van der Waals surface area (Å²) in [5, 5.41) is 7.98. The molecule has 1 aromatic carbocycles. The first-order valence-corrected chi connectivity index (χ1v) is 11.8. The average molecular weight is 507 g/mol. The maximum atomic E-state index is 12.7. The van der Waals surface area contributed by atoms with E-state index < -0.39 is 17.6 Å². The van der Waals surface area contributed by atoms with Crippen molar-refractivity contribution in [2.45, 2.75) is 25.4 Å². The zero-order chi connectivity index (χ0) is 24.1. The number of H-pyrrole nitrogens is 1. The summed E-state index contributed by atoms with van der Waals surface area (Å²) in [4.78, 5) is 44.0. The summed E-state index contributed by atoms with van der Waals surface area (Å²) in [5.41, 5.74) is 1.08. The van der Waals surface area contributed by atoms with Crippen molar-refractivity contribution in [3.05, 3.63) is 62.0 Å². The van der Waals surface area contributed by atoms with Crippen LogP contribution in [0.25, 0.3) is 10.2 Å². The largest absolute Gasteiger partial charge is 0.374 e. The molecule has 4 rings (SSSR count). The molecule has 1 saturated heterocycles. The van der Waals surface area contributed by atoms with Crippen molar-refractivity contribution in [3.8, 4) is 0 Å². The van der Waals surface area contributed by atoms with Gasteiger partial charge in [-0.05, 0) is 23.1 Å². The number of halogens is 1. The number of aromatic amines is 1. The maximum Gasteiger partial charge on any atom is 0.287 e. The number of hydrogen-bond acceptors (Lipinski definition) is 8. The zero-order valence-electron chi connectivity index (χ0n) is 18.3. The van der Waals surface area contributed by atoms with Crippen LogP contribution in [0, 0.1) is 0 Å². The van der Waals surface area contributed by atoms with Crippen LogP contribution < -0.4 is 16.2 Å². The Bertz CT molecular complexity index is 1240. The molecule has 2 aromatic heterocycles. The van der Waals surface area contributed by atoms with E-state index in [1.807, 2.05) is 6.07 Å². The molecule has 180 valence electrons. The van der Waals surface area contributed by atoms with Crippen molar-refractivity contribution in [1.82, 2.24) is 20.6 Å². The van der Waals surface area contributed by atoms with E-state index in [9.17, 15) is 14.4 Å². The van der Waals surface area contributed by atoms with Crippen LogP contribution in [0.15, 0.2) is 34.4 Å². The fourth-order valence-corrected chi connectivity index (χ4v) is 4.52. The minimum atomic E-state index is -0.622. The number of likely N-dealkylation sites (N-methyl/N-ethyl adjacent to an activating group) is 1. The van der Waals surface area contributed by atoms with Crippen LogP contribution in [0.1, 0.15) is 21.7 Å². The van der Waals surface area contributed by atoms with Crippen molar-refractivity contribution in [3.63, 3.8) is 0 Å². The van der Waals surface area contributed by atoms with Crippen molar-refractivity contribution < 1.29 is 23.8 Å². The number of amides is 2. The molecular formula is C22H23ClN4O6S. The van der Waals surface area contributed by atoms with E-state index in [-0.39, 0.29) is 50.8 Å². The molecule has 2 atom stereocenters. The number of aromatic nitrogens is 2. The van der Waals surface area contributed by atoms with Gasteiger partial charge in [-0.15, -0.1) is 11.3 Å². The van der Waals surface area contributed by atoms with Gasteiger partial charge in [-0.25, -0.2) is 4.98 Å². The van der Waals surface area contributed by atoms with Crippen molar-refractivity contribution in [2.24, 2.45) is 0 Å². The number of nitrogens with zero attached hydrogens (tertiary/aromatic N) is 1. The Morgan fingerprint density at radius 2 is 2.18 bits per heavy atom. The van der Waals surface area contributed by atoms with Crippen molar-refractivity contribution in [1.29, 1.82) is 0 Å². The minimum absolute atomic E-state index is 0.0627. The molecule has 1 fully saturated rings. The molecule has 10 nitrogen and oxygen atoms in total. The normalized spacial score (nSPS) is 18.1. The lowest BCUT2D eigenvalue weighted by Gasteiger charge is -2.28. The standard InChI is InChI=1S/C22H23ClN4O6S/c1-24-19(28)16-10-32-15(9-33-16)8-31-7-13-11-34-22-17(13)20(29)26-18(27-22)21(30)25-6-12-3-2-4-14(23)5-12/h2-5,11,15-16H,6-10H2,1H3,(H,24,28)(H,25,30)(H,26,27,29). The van der Waals surface area contributed by atoms with E-state index in [1.54, 1.807) is 30.6 Å². The third kappa shape index (κ3) is 5.80. The van der Waals surface area contributed by atoms with E-state index in [4.69, 9.17) is 25.8 Å². The van der Waals surface area contributed by atoms with Crippen LogP contribution >= 0.6 is 22.9 Å². The van der Waals surface area contributed by atoms with Gasteiger partial charge in [0.2, 0.25) is 5.82 Å². The number of carbonyl (C=O) groups is 2. The maximum absolute atomic E-state index is 12.7. The monoisotopic (exact) mass is 506 g/mol. The molecule has 0 saturated carbocycles. The molecule has 3 N–H and O–H groups in total. The number of rotatable bonds is 8. The van der Waals surface area contributed by atoms with Gasteiger partial charge in [-0.2, -0.15) is 0 Å². The number of carbonyl (C=O) groups excluding carboxylic acids is 2.